The van der Waals surface area contributed by atoms with E-state index in [1.807, 2.05) is 62.4 Å². The fraction of sp³-hybridized carbons (Fsp3) is 0.261. The van der Waals surface area contributed by atoms with E-state index in [2.05, 4.69) is 5.32 Å². The lowest BCUT2D eigenvalue weighted by Crippen LogP contribution is -2.21. The first-order valence-electron chi connectivity index (χ1n) is 9.48. The molecular weight excluding hydrogens is 354 g/mol. The van der Waals surface area contributed by atoms with Gasteiger partial charge in [-0.1, -0.05) is 50.2 Å². The number of ether oxygens (including phenoxy) is 1. The highest BCUT2D eigenvalue weighted by atomic mass is 16.5. The molecule has 0 spiro atoms. The second kappa shape index (κ2) is 8.76. The van der Waals surface area contributed by atoms with Crippen molar-refractivity contribution in [1.29, 1.82) is 0 Å². The normalized spacial score (nSPS) is 16.4. The summed E-state index contributed by atoms with van der Waals surface area (Å²) in [5.74, 6) is 0.942. The van der Waals surface area contributed by atoms with Crippen molar-refractivity contribution in [2.75, 3.05) is 11.9 Å². The maximum Gasteiger partial charge on any atom is 0.165 e. The van der Waals surface area contributed by atoms with E-state index < -0.39 is 6.10 Å². The molecule has 5 nitrogen and oxygen atoms in total. The number of anilines is 1. The minimum absolute atomic E-state index is 0.139. The maximum atomic E-state index is 11.7. The van der Waals surface area contributed by atoms with E-state index in [0.717, 1.165) is 22.4 Å². The molecule has 1 aliphatic heterocycles. The summed E-state index contributed by atoms with van der Waals surface area (Å²) in [6.45, 7) is 4.05. The zero-order valence-corrected chi connectivity index (χ0v) is 16.1. The number of aliphatic hydroxyl groups excluding tert-OH is 2. The molecule has 0 radical (unpaired) electrons. The lowest BCUT2D eigenvalue weighted by molar-refractivity contribution is 0.0988. The monoisotopic (exact) mass is 379 g/mol. The highest BCUT2D eigenvalue weighted by Crippen LogP contribution is 2.25. The third-order valence-electron chi connectivity index (χ3n) is 4.71. The third-order valence-corrected chi connectivity index (χ3v) is 4.71. The van der Waals surface area contributed by atoms with Gasteiger partial charge in [-0.15, -0.1) is 0 Å². The molecule has 146 valence electrons. The number of nitrogens with one attached hydrogen (secondary N) is 1. The number of carbonyl (C=O) groups is 1. The Morgan fingerprint density at radius 3 is 2.21 bits per heavy atom. The van der Waals surface area contributed by atoms with Crippen LogP contribution in [0.15, 0.2) is 71.9 Å². The van der Waals surface area contributed by atoms with Gasteiger partial charge in [-0.2, -0.15) is 0 Å². The van der Waals surface area contributed by atoms with Crippen molar-refractivity contribution in [3.8, 4) is 11.1 Å². The van der Waals surface area contributed by atoms with Gasteiger partial charge in [0.15, 0.2) is 17.3 Å². The Kier molecular flexibility index (Phi) is 6.16. The molecule has 3 N–H and O–H groups in total. The van der Waals surface area contributed by atoms with Gasteiger partial charge in [0.1, 0.15) is 11.9 Å². The topological polar surface area (TPSA) is 78.8 Å². The molecule has 0 bridgehead atoms. The van der Waals surface area contributed by atoms with Gasteiger partial charge in [-0.25, -0.2) is 0 Å². The fourth-order valence-corrected chi connectivity index (χ4v) is 3.00. The Morgan fingerprint density at radius 1 is 1.04 bits per heavy atom. The molecule has 28 heavy (non-hydrogen) atoms. The third kappa shape index (κ3) is 4.43. The molecule has 1 aliphatic rings. The first-order valence-corrected chi connectivity index (χ1v) is 9.48. The lowest BCUT2D eigenvalue weighted by atomic mass is 10.0. The Morgan fingerprint density at radius 2 is 1.64 bits per heavy atom. The van der Waals surface area contributed by atoms with Gasteiger partial charge < -0.3 is 20.3 Å². The number of benzene rings is 2. The van der Waals surface area contributed by atoms with Crippen LogP contribution in [-0.2, 0) is 4.74 Å². The van der Waals surface area contributed by atoms with Gasteiger partial charge in [-0.05, 0) is 29.3 Å². The zero-order valence-electron chi connectivity index (χ0n) is 16.1. The number of rotatable bonds is 7. The van der Waals surface area contributed by atoms with Crippen LogP contribution in [0.2, 0.25) is 0 Å². The Bertz CT molecular complexity index is 895. The van der Waals surface area contributed by atoms with Crippen LogP contribution in [0.1, 0.15) is 37.0 Å². The average Bonchev–Trinajstić information content (AvgIpc) is 2.74. The molecule has 1 unspecified atom stereocenters. The fourth-order valence-electron chi connectivity index (χ4n) is 3.00. The number of ketones is 1. The van der Waals surface area contributed by atoms with Crippen LogP contribution in [-0.4, -0.2) is 28.6 Å². The number of allylic oxidation sites excluding steroid dienone is 1. The number of aliphatic hydroxyl groups is 2. The molecule has 0 saturated carbocycles. The quantitative estimate of drug-likeness (QED) is 0.602. The number of hydrogen-bond acceptors (Lipinski definition) is 5. The van der Waals surface area contributed by atoms with Gasteiger partial charge >= 0.3 is 0 Å². The summed E-state index contributed by atoms with van der Waals surface area (Å²) in [6.07, 6.45) is 1.63. The Hall–Kier alpha value is -3.05. The van der Waals surface area contributed by atoms with Gasteiger partial charge in [-0.3, -0.25) is 4.79 Å². The largest absolute Gasteiger partial charge is 0.506 e. The lowest BCUT2D eigenvalue weighted by Gasteiger charge is -2.22. The van der Waals surface area contributed by atoms with Crippen molar-refractivity contribution in [3.05, 3.63) is 77.4 Å². The van der Waals surface area contributed by atoms with Crippen molar-refractivity contribution in [1.82, 2.24) is 0 Å². The molecule has 0 saturated heterocycles. The minimum Gasteiger partial charge on any atom is -0.506 e. The van der Waals surface area contributed by atoms with E-state index in [-0.39, 0.29) is 18.1 Å². The van der Waals surface area contributed by atoms with Gasteiger partial charge in [0.25, 0.3) is 0 Å². The van der Waals surface area contributed by atoms with Crippen LogP contribution >= 0.6 is 0 Å². The summed E-state index contributed by atoms with van der Waals surface area (Å²) in [6, 6.07) is 15.5. The van der Waals surface area contributed by atoms with Gasteiger partial charge in [0.05, 0.1) is 6.54 Å². The summed E-state index contributed by atoms with van der Waals surface area (Å²) in [7, 11) is 0. The number of carbonyl (C=O) groups excluding carboxylic acids is 1. The van der Waals surface area contributed by atoms with Gasteiger partial charge in [0.2, 0.25) is 0 Å². The molecule has 0 fully saturated rings. The smallest absolute Gasteiger partial charge is 0.165 e. The summed E-state index contributed by atoms with van der Waals surface area (Å²) < 4.78 is 5.61. The first kappa shape index (κ1) is 19.7. The van der Waals surface area contributed by atoms with E-state index in [1.165, 1.54) is 6.08 Å². The SMILES string of the molecule is CCC(=O)c1ccc(-c2ccc(NCC3=C(O)C(O)C=C(CC)O3)cc2)cc1. The van der Waals surface area contributed by atoms with Crippen LogP contribution in [0.4, 0.5) is 5.69 Å². The minimum atomic E-state index is -1.02. The van der Waals surface area contributed by atoms with Gasteiger partial charge in [0, 0.05) is 24.1 Å². The van der Waals surface area contributed by atoms with Crippen LogP contribution in [0.3, 0.4) is 0 Å². The molecule has 0 aromatic heterocycles. The van der Waals surface area contributed by atoms with E-state index in [0.29, 0.717) is 24.4 Å². The van der Waals surface area contributed by atoms with Crippen molar-refractivity contribution < 1.29 is 19.7 Å². The molecule has 0 aliphatic carbocycles. The van der Waals surface area contributed by atoms with E-state index >= 15 is 0 Å². The molecule has 5 heteroatoms. The molecule has 1 heterocycles. The maximum absolute atomic E-state index is 11.7. The van der Waals surface area contributed by atoms with Crippen LogP contribution in [0.25, 0.3) is 11.1 Å². The van der Waals surface area contributed by atoms with E-state index in [9.17, 15) is 15.0 Å². The highest BCUT2D eigenvalue weighted by Gasteiger charge is 2.21. The molecule has 2 aromatic rings. The van der Waals surface area contributed by atoms with E-state index in [1.54, 1.807) is 0 Å². The number of hydrogen-bond donors (Lipinski definition) is 3. The standard InChI is InChI=1S/C23H25NO4/c1-3-19-13-21(26)23(27)22(28-19)14-24-18-11-9-16(10-12-18)15-5-7-17(8-6-15)20(25)4-2/h5-13,21,24,26-27H,3-4,14H2,1-2H3. The average molecular weight is 379 g/mol. The molecule has 1 atom stereocenters. The molecule has 2 aromatic carbocycles. The summed E-state index contributed by atoms with van der Waals surface area (Å²) >= 11 is 0. The molecule has 3 rings (SSSR count). The second-order valence-corrected chi connectivity index (χ2v) is 6.63. The summed E-state index contributed by atoms with van der Waals surface area (Å²) in [5.41, 5.74) is 3.68. The van der Waals surface area contributed by atoms with Crippen LogP contribution < -0.4 is 5.32 Å². The van der Waals surface area contributed by atoms with E-state index in [4.69, 9.17) is 4.74 Å². The van der Waals surface area contributed by atoms with Crippen LogP contribution in [0.5, 0.6) is 0 Å². The zero-order chi connectivity index (χ0) is 20.1. The van der Waals surface area contributed by atoms with Crippen LogP contribution in [0, 0.1) is 0 Å². The van der Waals surface area contributed by atoms with Crippen molar-refractivity contribution in [3.63, 3.8) is 0 Å². The second-order valence-electron chi connectivity index (χ2n) is 6.63. The van der Waals surface area contributed by atoms with Crippen molar-refractivity contribution >= 4 is 11.5 Å². The van der Waals surface area contributed by atoms with Crippen molar-refractivity contribution in [2.45, 2.75) is 32.8 Å². The predicted octanol–water partition coefficient (Wildman–Crippen LogP) is 4.81. The first-order chi connectivity index (χ1) is 13.5. The Balaban J connectivity index is 1.65. The summed E-state index contributed by atoms with van der Waals surface area (Å²) in [5, 5.41) is 23.1. The molecular formula is C23H25NO4. The van der Waals surface area contributed by atoms with Crippen molar-refractivity contribution in [2.24, 2.45) is 0 Å². The molecule has 0 amide bonds. The number of Topliss-reactive ketones (excluding diaryl/α,β-unsaturated/α-hetero) is 1. The Labute approximate surface area is 165 Å². The summed E-state index contributed by atoms with van der Waals surface area (Å²) in [4.78, 5) is 11.7. The predicted molar refractivity (Wildman–Crippen MR) is 110 cm³/mol. The highest BCUT2D eigenvalue weighted by molar-refractivity contribution is 5.96.